The molecule has 0 heterocycles. The summed E-state index contributed by atoms with van der Waals surface area (Å²) in [4.78, 5) is 0. The lowest BCUT2D eigenvalue weighted by molar-refractivity contribution is 0.340. The monoisotopic (exact) mass is 261 g/mol. The zero-order chi connectivity index (χ0) is 14.5. The summed E-state index contributed by atoms with van der Waals surface area (Å²) in [5, 5.41) is 3.74. The number of rotatable bonds is 7. The van der Waals surface area contributed by atoms with E-state index in [0.717, 1.165) is 5.92 Å². The third-order valence-electron chi connectivity index (χ3n) is 3.77. The van der Waals surface area contributed by atoms with Gasteiger partial charge in [-0.3, -0.25) is 0 Å². The van der Waals surface area contributed by atoms with E-state index in [1.165, 1.54) is 18.4 Å². The average Bonchev–Trinajstić information content (AvgIpc) is 2.27. The smallest absolute Gasteiger partial charge is 0.00494 e. The predicted molar refractivity (Wildman–Crippen MR) is 85.6 cm³/mol. The molecule has 0 saturated heterocycles. The van der Waals surface area contributed by atoms with Crippen LogP contribution in [-0.2, 0) is 5.41 Å². The van der Waals surface area contributed by atoms with Crippen molar-refractivity contribution in [1.29, 1.82) is 0 Å². The van der Waals surface area contributed by atoms with E-state index in [4.69, 9.17) is 0 Å². The summed E-state index contributed by atoms with van der Waals surface area (Å²) in [6.45, 7) is 13.9. The topological polar surface area (TPSA) is 12.0 Å². The van der Waals surface area contributed by atoms with Crippen LogP contribution >= 0.6 is 0 Å². The van der Waals surface area contributed by atoms with E-state index in [2.05, 4.69) is 77.2 Å². The fraction of sp³-hybridized carbons (Fsp3) is 0.667. The second-order valence-corrected chi connectivity index (χ2v) is 7.05. The van der Waals surface area contributed by atoms with Gasteiger partial charge in [0.05, 0.1) is 0 Å². The highest BCUT2D eigenvalue weighted by Gasteiger charge is 2.23. The van der Waals surface area contributed by atoms with Gasteiger partial charge in [0.1, 0.15) is 0 Å². The maximum absolute atomic E-state index is 3.74. The maximum atomic E-state index is 3.74. The molecule has 2 unspecified atom stereocenters. The molecule has 0 aliphatic carbocycles. The quantitative estimate of drug-likeness (QED) is 0.745. The van der Waals surface area contributed by atoms with E-state index in [-0.39, 0.29) is 5.41 Å². The van der Waals surface area contributed by atoms with E-state index in [1.54, 1.807) is 0 Å². The van der Waals surface area contributed by atoms with E-state index < -0.39 is 0 Å². The fourth-order valence-corrected chi connectivity index (χ4v) is 3.09. The van der Waals surface area contributed by atoms with E-state index >= 15 is 0 Å². The zero-order valence-corrected chi connectivity index (χ0v) is 13.5. The Kier molecular flexibility index (Phi) is 6.06. The third-order valence-corrected chi connectivity index (χ3v) is 3.77. The van der Waals surface area contributed by atoms with Crippen molar-refractivity contribution >= 4 is 0 Å². The molecular formula is C18H31N. The van der Waals surface area contributed by atoms with Gasteiger partial charge >= 0.3 is 0 Å². The molecule has 0 aliphatic heterocycles. The largest absolute Gasteiger partial charge is 0.312 e. The Bertz CT molecular complexity index is 353. The standard InChI is InChI=1S/C18H31N/c1-14(2)12-15(3)19-16(4)13-18(5,6)17-10-8-7-9-11-17/h7-11,14-16,19H,12-13H2,1-6H3. The first kappa shape index (κ1) is 16.2. The second kappa shape index (κ2) is 7.09. The molecule has 0 radical (unpaired) electrons. The minimum atomic E-state index is 0.227. The summed E-state index contributed by atoms with van der Waals surface area (Å²) in [6.07, 6.45) is 2.41. The summed E-state index contributed by atoms with van der Waals surface area (Å²) < 4.78 is 0. The number of hydrogen-bond donors (Lipinski definition) is 1. The molecule has 0 saturated carbocycles. The Morgan fingerprint density at radius 3 is 2.05 bits per heavy atom. The molecule has 19 heavy (non-hydrogen) atoms. The minimum absolute atomic E-state index is 0.227. The van der Waals surface area contributed by atoms with Gasteiger partial charge in [-0.2, -0.15) is 0 Å². The molecule has 108 valence electrons. The number of hydrogen-bond acceptors (Lipinski definition) is 1. The van der Waals surface area contributed by atoms with Crippen LogP contribution in [-0.4, -0.2) is 12.1 Å². The van der Waals surface area contributed by atoms with Crippen molar-refractivity contribution in [1.82, 2.24) is 5.32 Å². The van der Waals surface area contributed by atoms with E-state index in [9.17, 15) is 0 Å². The highest BCUT2D eigenvalue weighted by Crippen LogP contribution is 2.28. The number of nitrogens with one attached hydrogen (secondary N) is 1. The van der Waals surface area contributed by atoms with Crippen molar-refractivity contribution in [3.63, 3.8) is 0 Å². The summed E-state index contributed by atoms with van der Waals surface area (Å²) in [7, 11) is 0. The van der Waals surface area contributed by atoms with Crippen molar-refractivity contribution in [3.05, 3.63) is 35.9 Å². The molecule has 0 fully saturated rings. The minimum Gasteiger partial charge on any atom is -0.312 e. The van der Waals surface area contributed by atoms with Crippen LogP contribution in [0, 0.1) is 5.92 Å². The first-order chi connectivity index (χ1) is 8.81. The Hall–Kier alpha value is -0.820. The van der Waals surface area contributed by atoms with Gasteiger partial charge in [-0.1, -0.05) is 58.0 Å². The van der Waals surface area contributed by atoms with Gasteiger partial charge in [0.15, 0.2) is 0 Å². The molecule has 2 atom stereocenters. The van der Waals surface area contributed by atoms with Crippen LogP contribution in [0.3, 0.4) is 0 Å². The molecule has 0 spiro atoms. The molecular weight excluding hydrogens is 230 g/mol. The number of benzene rings is 1. The van der Waals surface area contributed by atoms with E-state index in [0.29, 0.717) is 12.1 Å². The Balaban J connectivity index is 2.53. The van der Waals surface area contributed by atoms with Crippen LogP contribution < -0.4 is 5.32 Å². The zero-order valence-electron chi connectivity index (χ0n) is 13.5. The van der Waals surface area contributed by atoms with Gasteiger partial charge in [-0.25, -0.2) is 0 Å². The molecule has 1 rings (SSSR count). The van der Waals surface area contributed by atoms with Crippen LogP contribution in [0.25, 0.3) is 0 Å². The summed E-state index contributed by atoms with van der Waals surface area (Å²) >= 11 is 0. The van der Waals surface area contributed by atoms with Gasteiger partial charge in [-0.15, -0.1) is 0 Å². The van der Waals surface area contributed by atoms with Crippen LogP contribution in [0.4, 0.5) is 0 Å². The molecule has 1 N–H and O–H groups in total. The van der Waals surface area contributed by atoms with Gasteiger partial charge in [0, 0.05) is 12.1 Å². The van der Waals surface area contributed by atoms with Crippen molar-refractivity contribution in [2.24, 2.45) is 5.92 Å². The van der Waals surface area contributed by atoms with E-state index in [1.807, 2.05) is 0 Å². The van der Waals surface area contributed by atoms with Crippen molar-refractivity contribution in [3.8, 4) is 0 Å². The lowest BCUT2D eigenvalue weighted by atomic mass is 9.79. The lowest BCUT2D eigenvalue weighted by Gasteiger charge is -2.31. The maximum Gasteiger partial charge on any atom is 0.00494 e. The normalized spacial score (nSPS) is 15.5. The second-order valence-electron chi connectivity index (χ2n) is 7.05. The lowest BCUT2D eigenvalue weighted by Crippen LogP contribution is -2.39. The molecule has 0 aromatic heterocycles. The molecule has 0 bridgehead atoms. The molecule has 1 heteroatoms. The molecule has 1 nitrogen and oxygen atoms in total. The molecule has 1 aromatic carbocycles. The van der Waals surface area contributed by atoms with Crippen LogP contribution in [0.1, 0.15) is 59.9 Å². The van der Waals surface area contributed by atoms with Gasteiger partial charge in [0.25, 0.3) is 0 Å². The first-order valence-electron chi connectivity index (χ1n) is 7.63. The fourth-order valence-electron chi connectivity index (χ4n) is 3.09. The van der Waals surface area contributed by atoms with Gasteiger partial charge < -0.3 is 5.32 Å². The molecule has 0 amide bonds. The highest BCUT2D eigenvalue weighted by atomic mass is 14.9. The Morgan fingerprint density at radius 1 is 0.947 bits per heavy atom. The van der Waals surface area contributed by atoms with Gasteiger partial charge in [-0.05, 0) is 43.6 Å². The van der Waals surface area contributed by atoms with Crippen LogP contribution in [0.2, 0.25) is 0 Å². The Morgan fingerprint density at radius 2 is 1.53 bits per heavy atom. The van der Waals surface area contributed by atoms with Crippen LogP contribution in [0.5, 0.6) is 0 Å². The summed E-state index contributed by atoms with van der Waals surface area (Å²) in [5.74, 6) is 0.761. The van der Waals surface area contributed by atoms with Crippen molar-refractivity contribution in [2.45, 2.75) is 71.9 Å². The highest BCUT2D eigenvalue weighted by molar-refractivity contribution is 5.23. The third kappa shape index (κ3) is 5.78. The summed E-state index contributed by atoms with van der Waals surface area (Å²) in [6, 6.07) is 12.0. The predicted octanol–water partition coefficient (Wildman–Crippen LogP) is 4.77. The van der Waals surface area contributed by atoms with Gasteiger partial charge in [0.2, 0.25) is 0 Å². The SMILES string of the molecule is CC(C)CC(C)NC(C)CC(C)(C)c1ccccc1. The van der Waals surface area contributed by atoms with Crippen LogP contribution in [0.15, 0.2) is 30.3 Å². The average molecular weight is 261 g/mol. The van der Waals surface area contributed by atoms with Crippen molar-refractivity contribution in [2.75, 3.05) is 0 Å². The molecule has 1 aromatic rings. The molecule has 0 aliphatic rings. The Labute approximate surface area is 119 Å². The summed E-state index contributed by atoms with van der Waals surface area (Å²) in [5.41, 5.74) is 1.66. The van der Waals surface area contributed by atoms with Crippen molar-refractivity contribution < 1.29 is 0 Å². The first-order valence-corrected chi connectivity index (χ1v) is 7.63.